The van der Waals surface area contributed by atoms with Crippen LogP contribution in [0.1, 0.15) is 26.2 Å². The van der Waals surface area contributed by atoms with E-state index in [1.54, 1.807) is 0 Å². The Balaban J connectivity index is 1.91. The van der Waals surface area contributed by atoms with E-state index in [4.69, 9.17) is 0 Å². The predicted molar refractivity (Wildman–Crippen MR) is 65.9 cm³/mol. The van der Waals surface area contributed by atoms with E-state index in [0.717, 1.165) is 11.3 Å². The average molecular weight is 263 g/mol. The van der Waals surface area contributed by atoms with E-state index in [2.05, 4.69) is 0 Å². The summed E-state index contributed by atoms with van der Waals surface area (Å²) in [5.41, 5.74) is 0. The van der Waals surface area contributed by atoms with Crippen LogP contribution < -0.4 is 0 Å². The monoisotopic (exact) mass is 263 g/mol. The number of hydrogen-bond donors (Lipinski definition) is 1. The number of allylic oxidation sites excluding steroid dienone is 2. The molecule has 0 spiro atoms. The van der Waals surface area contributed by atoms with E-state index in [0.29, 0.717) is 12.8 Å². The number of likely N-dealkylation sites (tertiary alicyclic amines) is 1. The van der Waals surface area contributed by atoms with Crippen molar-refractivity contribution >= 4 is 17.8 Å². The molecule has 3 aliphatic rings. The second-order valence-electron chi connectivity index (χ2n) is 5.69. The third-order valence-corrected chi connectivity index (χ3v) is 4.66. The fraction of sp³-hybridized carbons (Fsp3) is 0.643. The van der Waals surface area contributed by atoms with Gasteiger partial charge in [0, 0.05) is 0 Å². The molecule has 0 aromatic carbocycles. The number of hydrogen-bond acceptors (Lipinski definition) is 3. The van der Waals surface area contributed by atoms with Gasteiger partial charge in [0.05, 0.1) is 11.8 Å². The van der Waals surface area contributed by atoms with Crippen LogP contribution in [0.2, 0.25) is 0 Å². The number of carboxylic acid groups (broad SMARTS) is 1. The van der Waals surface area contributed by atoms with Gasteiger partial charge in [0.1, 0.15) is 6.04 Å². The molecule has 5 heteroatoms. The summed E-state index contributed by atoms with van der Waals surface area (Å²) in [6, 6.07) is -0.991. The van der Waals surface area contributed by atoms with E-state index in [1.807, 2.05) is 19.1 Å². The van der Waals surface area contributed by atoms with Gasteiger partial charge in [-0.3, -0.25) is 14.5 Å². The highest BCUT2D eigenvalue weighted by Gasteiger charge is 2.60. The van der Waals surface area contributed by atoms with Gasteiger partial charge in [0.25, 0.3) is 0 Å². The zero-order chi connectivity index (χ0) is 13.7. The fourth-order valence-electron chi connectivity index (χ4n) is 3.87. The molecule has 1 saturated heterocycles. The van der Waals surface area contributed by atoms with Gasteiger partial charge in [0.15, 0.2) is 0 Å². The Bertz CT molecular complexity index is 454. The molecule has 2 fully saturated rings. The lowest BCUT2D eigenvalue weighted by atomic mass is 9.85. The molecule has 2 aliphatic carbocycles. The van der Waals surface area contributed by atoms with Gasteiger partial charge in [-0.2, -0.15) is 0 Å². The maximum Gasteiger partial charge on any atom is 0.326 e. The quantitative estimate of drug-likeness (QED) is 0.607. The van der Waals surface area contributed by atoms with Gasteiger partial charge in [-0.25, -0.2) is 4.79 Å². The van der Waals surface area contributed by atoms with Crippen molar-refractivity contribution < 1.29 is 19.5 Å². The van der Waals surface area contributed by atoms with Crippen molar-refractivity contribution in [1.29, 1.82) is 0 Å². The highest BCUT2D eigenvalue weighted by molar-refractivity contribution is 6.08. The summed E-state index contributed by atoms with van der Waals surface area (Å²) < 4.78 is 0. The molecule has 2 bridgehead atoms. The lowest BCUT2D eigenvalue weighted by Gasteiger charge is -2.24. The number of fused-ring (bicyclic) bond motifs is 5. The Morgan fingerprint density at radius 1 is 1.32 bits per heavy atom. The zero-order valence-corrected chi connectivity index (χ0v) is 10.8. The summed E-state index contributed by atoms with van der Waals surface area (Å²) in [6.45, 7) is 1.85. The zero-order valence-electron chi connectivity index (χ0n) is 10.8. The average Bonchev–Trinajstić information content (AvgIpc) is 3.02. The molecule has 1 saturated carbocycles. The molecule has 19 heavy (non-hydrogen) atoms. The molecule has 1 N–H and O–H groups in total. The molecule has 0 aromatic heterocycles. The molecule has 102 valence electrons. The smallest absolute Gasteiger partial charge is 0.326 e. The largest absolute Gasteiger partial charge is 0.480 e. The van der Waals surface area contributed by atoms with E-state index in [1.165, 1.54) is 0 Å². The number of amides is 2. The third-order valence-electron chi connectivity index (χ3n) is 4.66. The van der Waals surface area contributed by atoms with Crippen molar-refractivity contribution in [3.63, 3.8) is 0 Å². The summed E-state index contributed by atoms with van der Waals surface area (Å²) in [5.74, 6) is -1.97. The van der Waals surface area contributed by atoms with Crippen LogP contribution in [0.4, 0.5) is 0 Å². The van der Waals surface area contributed by atoms with Gasteiger partial charge in [-0.05, 0) is 24.7 Å². The minimum absolute atomic E-state index is 0.132. The van der Waals surface area contributed by atoms with Gasteiger partial charge in [-0.15, -0.1) is 0 Å². The first-order valence-electron chi connectivity index (χ1n) is 6.84. The highest BCUT2D eigenvalue weighted by atomic mass is 16.4. The Morgan fingerprint density at radius 2 is 1.84 bits per heavy atom. The molecular formula is C14H17NO4. The van der Waals surface area contributed by atoms with Crippen LogP contribution in [0.5, 0.6) is 0 Å². The first kappa shape index (κ1) is 12.4. The van der Waals surface area contributed by atoms with Crippen molar-refractivity contribution in [2.45, 2.75) is 32.2 Å². The summed E-state index contributed by atoms with van der Waals surface area (Å²) in [4.78, 5) is 37.2. The van der Waals surface area contributed by atoms with Gasteiger partial charge >= 0.3 is 5.97 Å². The second kappa shape index (κ2) is 4.18. The summed E-state index contributed by atoms with van der Waals surface area (Å²) in [6.07, 6.45) is 5.85. The number of imide groups is 1. The molecule has 0 radical (unpaired) electrons. The SMILES string of the molecule is CCC[C@@H](C(=O)O)N1C(=O)[C@@H]2[C@H](C1=O)[C@@H]1C=C[C@H]2C1. The van der Waals surface area contributed by atoms with Crippen molar-refractivity contribution in [2.75, 3.05) is 0 Å². The van der Waals surface area contributed by atoms with Gasteiger partial charge < -0.3 is 5.11 Å². The van der Waals surface area contributed by atoms with Crippen LogP contribution in [-0.4, -0.2) is 33.8 Å². The first-order chi connectivity index (χ1) is 9.06. The van der Waals surface area contributed by atoms with E-state index >= 15 is 0 Å². The second-order valence-corrected chi connectivity index (χ2v) is 5.69. The number of carboxylic acids is 1. The summed E-state index contributed by atoms with van der Waals surface area (Å²) >= 11 is 0. The maximum absolute atomic E-state index is 12.4. The number of rotatable bonds is 4. The maximum atomic E-state index is 12.4. The topological polar surface area (TPSA) is 74.7 Å². The first-order valence-corrected chi connectivity index (χ1v) is 6.84. The molecule has 5 nitrogen and oxygen atoms in total. The van der Waals surface area contributed by atoms with Crippen LogP contribution in [-0.2, 0) is 14.4 Å². The number of carbonyl (C=O) groups excluding carboxylic acids is 2. The molecular weight excluding hydrogens is 246 g/mol. The van der Waals surface area contributed by atoms with Crippen LogP contribution >= 0.6 is 0 Å². The van der Waals surface area contributed by atoms with Crippen molar-refractivity contribution in [1.82, 2.24) is 4.90 Å². The molecule has 0 aromatic rings. The molecule has 3 rings (SSSR count). The standard InChI is InChI=1S/C14H17NO4/c1-2-3-9(14(18)19)15-12(16)10-7-4-5-8(6-7)11(10)13(15)17/h4-5,7-11H,2-3,6H2,1H3,(H,18,19)/t7-,8+,9-,10-,11+/m0/s1. The molecule has 0 unspecified atom stereocenters. The fourth-order valence-corrected chi connectivity index (χ4v) is 3.87. The van der Waals surface area contributed by atoms with E-state index < -0.39 is 12.0 Å². The van der Waals surface area contributed by atoms with E-state index in [9.17, 15) is 19.5 Å². The van der Waals surface area contributed by atoms with Crippen LogP contribution in [0.25, 0.3) is 0 Å². The molecule has 1 heterocycles. The Labute approximate surface area is 111 Å². The number of aliphatic carboxylic acids is 1. The third kappa shape index (κ3) is 1.57. The molecule has 1 aliphatic heterocycles. The molecule has 5 atom stereocenters. The van der Waals surface area contributed by atoms with Crippen molar-refractivity contribution in [3.8, 4) is 0 Å². The Kier molecular flexibility index (Phi) is 2.73. The number of nitrogens with zero attached hydrogens (tertiary/aromatic N) is 1. The van der Waals surface area contributed by atoms with Crippen molar-refractivity contribution in [2.24, 2.45) is 23.7 Å². The summed E-state index contributed by atoms with van der Waals surface area (Å²) in [7, 11) is 0. The van der Waals surface area contributed by atoms with Crippen LogP contribution in [0.15, 0.2) is 12.2 Å². The number of carbonyl (C=O) groups is 3. The Morgan fingerprint density at radius 3 is 2.26 bits per heavy atom. The normalized spacial score (nSPS) is 37.0. The van der Waals surface area contributed by atoms with Crippen LogP contribution in [0.3, 0.4) is 0 Å². The predicted octanol–water partition coefficient (Wildman–Crippen LogP) is 1.05. The van der Waals surface area contributed by atoms with Crippen molar-refractivity contribution in [3.05, 3.63) is 12.2 Å². The minimum atomic E-state index is -1.08. The summed E-state index contributed by atoms with van der Waals surface area (Å²) in [5, 5.41) is 9.25. The highest BCUT2D eigenvalue weighted by Crippen LogP contribution is 2.52. The lowest BCUT2D eigenvalue weighted by molar-refractivity contribution is -0.155. The van der Waals surface area contributed by atoms with Gasteiger partial charge in [-0.1, -0.05) is 25.5 Å². The van der Waals surface area contributed by atoms with Gasteiger partial charge in [0.2, 0.25) is 11.8 Å². The van der Waals surface area contributed by atoms with Crippen LogP contribution in [0, 0.1) is 23.7 Å². The van der Waals surface area contributed by atoms with E-state index in [-0.39, 0.29) is 35.5 Å². The Hall–Kier alpha value is -1.65. The minimum Gasteiger partial charge on any atom is -0.480 e. The molecule has 2 amide bonds. The lowest BCUT2D eigenvalue weighted by Crippen LogP contribution is -2.46.